The van der Waals surface area contributed by atoms with Gasteiger partial charge in [0.2, 0.25) is 0 Å². The molecule has 7 aliphatic rings. The number of pyridine rings is 4. The summed E-state index contributed by atoms with van der Waals surface area (Å²) >= 11 is 12.4. The van der Waals surface area contributed by atoms with E-state index < -0.39 is 23.0 Å². The molecule has 2 aromatic carbocycles. The average Bonchev–Trinajstić information content (AvgIpc) is 3.71. The highest BCUT2D eigenvalue weighted by atomic mass is 79.9. The fourth-order valence-electron chi connectivity index (χ4n) is 10.4. The van der Waals surface area contributed by atoms with Crippen LogP contribution in [0.2, 0.25) is 5.15 Å². The lowest BCUT2D eigenvalue weighted by Gasteiger charge is -2.39. The molecular weight excluding hydrogens is 1120 g/mol. The molecule has 0 unspecified atom stereocenters. The summed E-state index contributed by atoms with van der Waals surface area (Å²) in [5, 5.41) is 1.94. The van der Waals surface area contributed by atoms with Crippen molar-refractivity contribution in [1.82, 2.24) is 19.9 Å². The summed E-state index contributed by atoms with van der Waals surface area (Å²) in [5.74, 6) is 2.04. The minimum absolute atomic E-state index is 0.0627. The second-order valence-corrected chi connectivity index (χ2v) is 24.0. The third kappa shape index (κ3) is 10.4. The molecular formula is C56H55BBrClF2N8O7S2. The van der Waals surface area contributed by atoms with Crippen molar-refractivity contribution >= 4 is 85.0 Å². The van der Waals surface area contributed by atoms with Crippen LogP contribution in [0.4, 0.5) is 8.78 Å². The Balaban J connectivity index is 0.000000142. The standard InChI is InChI=1S/C30H26FN5O3S.C15H10BrClFN3OS.C11H19BO3/c1-37-20-13-18-6-8-33-24(26(18)34-15-20)12-17-4-5-25-21(11-17)30(7-10-40-29(32)36-30)22-14-23(19-3-2-9-38-16-19)35-28(31)27(22)39-25;16-7-1-2-10-8(5-7)15(3-4-23-14(19)21-15)9-6-11(17)20-13(18)12(9)22-10;1-10(2)11(3,4)15-12(14-10)9-6-5-7-13-8-9/h3-6,8,11,13-15H,2,7,9-10,12,16H2,1H3,(H2,32,36);1-2,5-6H,3-4H2,(H2,19,21);6H,5,7-8H2,1-4H3/t30-;15-;/m00./s1. The maximum atomic E-state index is 15.6. The number of ether oxygens (including phenoxy) is 5. The summed E-state index contributed by atoms with van der Waals surface area (Å²) in [6, 6.07) is 18.8. The zero-order chi connectivity index (χ0) is 54.6. The van der Waals surface area contributed by atoms with Gasteiger partial charge in [0, 0.05) is 56.2 Å². The van der Waals surface area contributed by atoms with Gasteiger partial charge in [-0.25, -0.2) is 20.0 Å². The minimum atomic E-state index is -0.902. The van der Waals surface area contributed by atoms with E-state index in [1.807, 2.05) is 42.5 Å². The van der Waals surface area contributed by atoms with Crippen molar-refractivity contribution in [1.29, 1.82) is 0 Å². The Morgan fingerprint density at radius 3 is 2.00 bits per heavy atom. The number of rotatable bonds is 5. The van der Waals surface area contributed by atoms with Crippen molar-refractivity contribution < 1.29 is 41.8 Å². The third-order valence-corrected chi connectivity index (χ3v) is 17.3. The first kappa shape index (κ1) is 54.3. The van der Waals surface area contributed by atoms with E-state index in [2.05, 4.69) is 86.8 Å². The van der Waals surface area contributed by atoms with Gasteiger partial charge in [-0.05, 0) is 125 Å². The molecule has 2 spiro atoms. The lowest BCUT2D eigenvalue weighted by Crippen LogP contribution is -2.41. The first-order valence-corrected chi connectivity index (χ1v) is 28.6. The van der Waals surface area contributed by atoms with Crippen molar-refractivity contribution in [3.63, 3.8) is 0 Å². The zero-order valence-corrected chi connectivity index (χ0v) is 47.4. The number of fused-ring (bicyclic) bond motifs is 9. The highest BCUT2D eigenvalue weighted by Crippen LogP contribution is 2.56. The number of hydrogen-bond donors (Lipinski definition) is 2. The van der Waals surface area contributed by atoms with Crippen molar-refractivity contribution in [2.24, 2.45) is 21.5 Å². The number of nitrogens with zero attached hydrogens (tertiary/aromatic N) is 6. The molecule has 0 bridgehead atoms. The van der Waals surface area contributed by atoms with Crippen LogP contribution in [0.3, 0.4) is 0 Å². The van der Waals surface area contributed by atoms with Gasteiger partial charge >= 0.3 is 7.12 Å². The second kappa shape index (κ2) is 21.8. The van der Waals surface area contributed by atoms with Crippen molar-refractivity contribution in [3.8, 4) is 28.7 Å². The Hall–Kier alpha value is -5.65. The van der Waals surface area contributed by atoms with Gasteiger partial charge in [-0.3, -0.25) is 9.97 Å². The van der Waals surface area contributed by atoms with Crippen LogP contribution in [0.15, 0.2) is 105 Å². The number of aromatic nitrogens is 4. The number of nitrogens with two attached hydrogens (primary N) is 2. The number of methoxy groups -OCH3 is 1. The van der Waals surface area contributed by atoms with E-state index in [0.29, 0.717) is 83.5 Å². The van der Waals surface area contributed by atoms with E-state index in [4.69, 9.17) is 61.1 Å². The Labute approximate surface area is 472 Å². The molecule has 78 heavy (non-hydrogen) atoms. The summed E-state index contributed by atoms with van der Waals surface area (Å²) in [5.41, 5.74) is 18.1. The molecule has 0 saturated carbocycles. The maximum Gasteiger partial charge on any atom is 0.492 e. The van der Waals surface area contributed by atoms with Crippen molar-refractivity contribution in [2.45, 2.75) is 82.1 Å². The van der Waals surface area contributed by atoms with Crippen LogP contribution in [-0.4, -0.2) is 93.6 Å². The van der Waals surface area contributed by atoms with Crippen LogP contribution < -0.4 is 25.7 Å². The van der Waals surface area contributed by atoms with Crippen molar-refractivity contribution in [3.05, 3.63) is 151 Å². The first-order valence-electron chi connectivity index (χ1n) is 25.5. The Kier molecular flexibility index (Phi) is 15.2. The fraction of sp³-hybridized carbons (Fsp3) is 0.357. The summed E-state index contributed by atoms with van der Waals surface area (Å²) in [7, 11) is 1.40. The summed E-state index contributed by atoms with van der Waals surface area (Å²) in [6.07, 6.45) is 11.3. The lowest BCUT2D eigenvalue weighted by atomic mass is 9.77. The molecule has 7 aliphatic heterocycles. The van der Waals surface area contributed by atoms with Crippen molar-refractivity contribution in [2.75, 3.05) is 45.0 Å². The van der Waals surface area contributed by atoms with E-state index >= 15 is 4.39 Å². The van der Waals surface area contributed by atoms with E-state index in [0.717, 1.165) is 79.8 Å². The largest absolute Gasteiger partial charge is 0.495 e. The van der Waals surface area contributed by atoms with E-state index in [-0.39, 0.29) is 35.0 Å². The van der Waals surface area contributed by atoms with Gasteiger partial charge in [0.15, 0.2) is 21.8 Å². The minimum Gasteiger partial charge on any atom is -0.495 e. The molecule has 1 saturated heterocycles. The number of hydrogen-bond acceptors (Lipinski definition) is 17. The number of thioether (sulfide) groups is 2. The zero-order valence-electron chi connectivity index (χ0n) is 43.5. The predicted molar refractivity (Wildman–Crippen MR) is 305 cm³/mol. The average molecular weight is 1180 g/mol. The fourth-order valence-corrected chi connectivity index (χ4v) is 12.6. The van der Waals surface area contributed by atoms with E-state index in [9.17, 15) is 4.39 Å². The molecule has 0 aliphatic carbocycles. The second-order valence-electron chi connectivity index (χ2n) is 20.4. The Morgan fingerprint density at radius 1 is 0.744 bits per heavy atom. The van der Waals surface area contributed by atoms with Gasteiger partial charge in [0.25, 0.3) is 11.9 Å². The number of benzene rings is 2. The summed E-state index contributed by atoms with van der Waals surface area (Å²) in [4.78, 5) is 26.8. The van der Waals surface area contributed by atoms with E-state index in [1.54, 1.807) is 31.6 Å². The van der Waals surface area contributed by atoms with Crippen LogP contribution in [0.5, 0.6) is 28.7 Å². The summed E-state index contributed by atoms with van der Waals surface area (Å²) < 4.78 is 70.9. The molecule has 2 atom stereocenters. The van der Waals surface area contributed by atoms with Crippen LogP contribution in [0, 0.1) is 11.9 Å². The van der Waals surface area contributed by atoms with E-state index in [1.165, 1.54) is 23.5 Å². The quantitative estimate of drug-likeness (QED) is 0.122. The molecule has 404 valence electrons. The normalized spacial score (nSPS) is 22.3. The third-order valence-electron chi connectivity index (χ3n) is 15.0. The summed E-state index contributed by atoms with van der Waals surface area (Å²) in [6.45, 7) is 10.7. The van der Waals surface area contributed by atoms with Gasteiger partial charge in [-0.2, -0.15) is 8.78 Å². The Bertz CT molecular complexity index is 3490. The van der Waals surface area contributed by atoms with Crippen LogP contribution in [0.25, 0.3) is 16.5 Å². The number of aliphatic imine (C=N–C) groups is 2. The molecule has 4 N–H and O–H groups in total. The topological polar surface area (TPSA) is 193 Å². The maximum absolute atomic E-state index is 15.6. The molecule has 0 radical (unpaired) electrons. The molecule has 4 aromatic heterocycles. The SMILES string of the molecule is CC1(C)OB(C2=CCCOC2)OC1(C)C.COc1cnc2c(Cc3ccc4c(c3)[C@@]3(CCSC(N)=N3)c3cc(C5=CCCOC5)nc(F)c3O4)nccc2c1.NC1=N[C@@]2(CCS1)c1cc(Br)ccc1Oc1c2cc(Cl)nc1F. The molecule has 13 rings (SSSR count). The highest BCUT2D eigenvalue weighted by molar-refractivity contribution is 9.10. The number of amidine groups is 2. The monoisotopic (exact) mass is 1180 g/mol. The smallest absolute Gasteiger partial charge is 0.492 e. The molecule has 1 fully saturated rings. The van der Waals surface area contributed by atoms with Crippen LogP contribution in [-0.2, 0) is 36.3 Å². The predicted octanol–water partition coefficient (Wildman–Crippen LogP) is 11.8. The van der Waals surface area contributed by atoms with Gasteiger partial charge in [0.05, 0.1) is 67.8 Å². The molecule has 15 nitrogen and oxygen atoms in total. The van der Waals surface area contributed by atoms with Gasteiger partial charge in [-0.15, -0.1) is 0 Å². The van der Waals surface area contributed by atoms with Crippen LogP contribution in [0.1, 0.15) is 92.6 Å². The van der Waals surface area contributed by atoms with Gasteiger partial charge in [0.1, 0.15) is 33.5 Å². The van der Waals surface area contributed by atoms with Gasteiger partial charge < -0.3 is 44.5 Å². The molecule has 22 heteroatoms. The van der Waals surface area contributed by atoms with Crippen LogP contribution >= 0.6 is 51.1 Å². The molecule has 11 heterocycles. The lowest BCUT2D eigenvalue weighted by molar-refractivity contribution is 0.00578. The molecule has 0 amide bonds. The number of halogens is 4. The molecule has 6 aromatic rings. The Morgan fingerprint density at radius 2 is 1.37 bits per heavy atom. The highest BCUT2D eigenvalue weighted by Gasteiger charge is 2.53. The van der Waals surface area contributed by atoms with Gasteiger partial charge in [-0.1, -0.05) is 69.3 Å². The first-order chi connectivity index (χ1) is 37.5.